The molecule has 0 bridgehead atoms. The molecular weight excluding hydrogens is 256 g/mol. The van der Waals surface area contributed by atoms with Crippen LogP contribution >= 0.6 is 0 Å². The van der Waals surface area contributed by atoms with E-state index >= 15 is 0 Å². The van der Waals surface area contributed by atoms with Gasteiger partial charge in [0, 0.05) is 13.3 Å². The number of nitrogens with two attached hydrogens (primary N) is 1. The van der Waals surface area contributed by atoms with Gasteiger partial charge in [0.15, 0.2) is 0 Å². The first-order valence-corrected chi connectivity index (χ1v) is 7.56. The lowest BCUT2D eigenvalue weighted by Crippen LogP contribution is -2.42. The minimum absolute atomic E-state index is 0.0888. The minimum atomic E-state index is -3.10. The largest absolute Gasteiger partial charge is 0.467 e. The van der Waals surface area contributed by atoms with E-state index in [0.29, 0.717) is 12.3 Å². The Morgan fingerprint density at radius 3 is 2.72 bits per heavy atom. The van der Waals surface area contributed by atoms with Crippen molar-refractivity contribution in [2.75, 3.05) is 19.1 Å². The first-order chi connectivity index (χ1) is 8.29. The number of sulfone groups is 1. The number of carbonyl (C=O) groups excluding carboxylic acids is 1. The molecule has 0 aromatic carbocycles. The number of carbonyl (C=O) groups is 1. The van der Waals surface area contributed by atoms with E-state index in [1.54, 1.807) is 19.2 Å². The van der Waals surface area contributed by atoms with Crippen molar-refractivity contribution in [2.24, 2.45) is 5.73 Å². The fraction of sp³-hybridized carbons (Fsp3) is 0.545. The topological polar surface area (TPSA) is 93.6 Å². The van der Waals surface area contributed by atoms with E-state index in [-0.39, 0.29) is 18.1 Å². The van der Waals surface area contributed by atoms with Crippen LogP contribution < -0.4 is 5.73 Å². The van der Waals surface area contributed by atoms with Gasteiger partial charge < -0.3 is 15.1 Å². The Morgan fingerprint density at radius 2 is 2.22 bits per heavy atom. The summed E-state index contributed by atoms with van der Waals surface area (Å²) < 4.78 is 27.1. The van der Waals surface area contributed by atoms with Gasteiger partial charge >= 0.3 is 0 Å². The van der Waals surface area contributed by atoms with Crippen LogP contribution in [0.4, 0.5) is 0 Å². The average Bonchev–Trinajstić information content (AvgIpc) is 2.76. The fourth-order valence-corrected chi connectivity index (χ4v) is 2.14. The second kappa shape index (κ2) is 6.01. The van der Waals surface area contributed by atoms with E-state index < -0.39 is 15.9 Å². The molecule has 0 radical (unpaired) electrons. The van der Waals surface area contributed by atoms with Gasteiger partial charge in [0.2, 0.25) is 5.91 Å². The lowest BCUT2D eigenvalue weighted by molar-refractivity contribution is -0.132. The van der Waals surface area contributed by atoms with Crippen LogP contribution in [0.2, 0.25) is 0 Å². The highest BCUT2D eigenvalue weighted by molar-refractivity contribution is 7.90. The van der Waals surface area contributed by atoms with Crippen molar-refractivity contribution in [3.8, 4) is 0 Å². The quantitative estimate of drug-likeness (QED) is 0.788. The molecule has 18 heavy (non-hydrogen) atoms. The third-order valence-corrected chi connectivity index (χ3v) is 3.44. The molecule has 1 rings (SSSR count). The molecule has 1 atom stereocenters. The van der Waals surface area contributed by atoms with Gasteiger partial charge in [-0.05, 0) is 18.6 Å². The lowest BCUT2D eigenvalue weighted by Gasteiger charge is -2.20. The zero-order chi connectivity index (χ0) is 13.8. The van der Waals surface area contributed by atoms with Crippen LogP contribution in [-0.4, -0.2) is 44.3 Å². The number of amides is 1. The molecule has 102 valence electrons. The van der Waals surface area contributed by atoms with Gasteiger partial charge in [0.25, 0.3) is 0 Å². The molecule has 0 fully saturated rings. The van der Waals surface area contributed by atoms with E-state index in [0.717, 1.165) is 6.26 Å². The van der Waals surface area contributed by atoms with Crippen LogP contribution in [0.5, 0.6) is 0 Å². The summed E-state index contributed by atoms with van der Waals surface area (Å²) in [6.45, 7) is 0.318. The van der Waals surface area contributed by atoms with Gasteiger partial charge in [0.05, 0.1) is 24.6 Å². The Kier molecular flexibility index (Phi) is 4.92. The molecule has 0 aliphatic rings. The molecule has 2 N–H and O–H groups in total. The normalized spacial score (nSPS) is 13.3. The predicted molar refractivity (Wildman–Crippen MR) is 67.5 cm³/mol. The molecular formula is C11H18N2O4S. The smallest absolute Gasteiger partial charge is 0.239 e. The monoisotopic (exact) mass is 274 g/mol. The van der Waals surface area contributed by atoms with Gasteiger partial charge in [-0.2, -0.15) is 0 Å². The molecule has 1 amide bonds. The highest BCUT2D eigenvalue weighted by atomic mass is 32.2. The summed E-state index contributed by atoms with van der Waals surface area (Å²) in [6, 6.07) is 2.68. The Morgan fingerprint density at radius 1 is 1.56 bits per heavy atom. The molecule has 0 aliphatic heterocycles. The first-order valence-electron chi connectivity index (χ1n) is 5.50. The Labute approximate surface area is 107 Å². The van der Waals surface area contributed by atoms with Crippen molar-refractivity contribution < 1.29 is 17.6 Å². The second-order valence-electron chi connectivity index (χ2n) is 4.30. The minimum Gasteiger partial charge on any atom is -0.467 e. The standard InChI is InChI=1S/C11H18N2O4S/c1-13(8-9-4-3-6-17-9)11(14)10(12)5-7-18(2,15)16/h3-4,6,10H,5,7-8,12H2,1-2H3. The molecule has 1 aromatic rings. The Bertz CT molecular complexity index is 481. The van der Waals surface area contributed by atoms with E-state index in [4.69, 9.17) is 10.2 Å². The van der Waals surface area contributed by atoms with Crippen LogP contribution in [0.1, 0.15) is 12.2 Å². The zero-order valence-electron chi connectivity index (χ0n) is 10.5. The van der Waals surface area contributed by atoms with Crippen molar-refractivity contribution in [3.63, 3.8) is 0 Å². The SMILES string of the molecule is CN(Cc1ccco1)C(=O)C(N)CCS(C)(=O)=O. The molecule has 0 saturated carbocycles. The van der Waals surface area contributed by atoms with Gasteiger partial charge in [-0.1, -0.05) is 0 Å². The van der Waals surface area contributed by atoms with Gasteiger partial charge in [0.1, 0.15) is 15.6 Å². The number of likely N-dealkylation sites (N-methyl/N-ethyl adjacent to an activating group) is 1. The third-order valence-electron chi connectivity index (χ3n) is 2.47. The molecule has 1 aromatic heterocycles. The van der Waals surface area contributed by atoms with E-state index in [9.17, 15) is 13.2 Å². The molecule has 7 heteroatoms. The molecule has 1 heterocycles. The van der Waals surface area contributed by atoms with Crippen LogP contribution in [-0.2, 0) is 21.2 Å². The number of hydrogen-bond donors (Lipinski definition) is 1. The van der Waals surface area contributed by atoms with Crippen LogP contribution in [0, 0.1) is 0 Å². The summed E-state index contributed by atoms with van der Waals surface area (Å²) >= 11 is 0. The second-order valence-corrected chi connectivity index (χ2v) is 6.56. The molecule has 6 nitrogen and oxygen atoms in total. The molecule has 1 unspecified atom stereocenters. The van der Waals surface area contributed by atoms with Gasteiger partial charge in [-0.15, -0.1) is 0 Å². The van der Waals surface area contributed by atoms with Gasteiger partial charge in [-0.25, -0.2) is 8.42 Å². The van der Waals surface area contributed by atoms with Gasteiger partial charge in [-0.3, -0.25) is 4.79 Å². The summed E-state index contributed by atoms with van der Waals surface area (Å²) in [7, 11) is -1.50. The zero-order valence-corrected chi connectivity index (χ0v) is 11.3. The summed E-state index contributed by atoms with van der Waals surface area (Å²) in [5.41, 5.74) is 5.67. The summed E-state index contributed by atoms with van der Waals surface area (Å²) in [4.78, 5) is 13.3. The molecule has 0 saturated heterocycles. The summed E-state index contributed by atoms with van der Waals surface area (Å²) in [5, 5.41) is 0. The van der Waals surface area contributed by atoms with Crippen molar-refractivity contribution in [3.05, 3.63) is 24.2 Å². The predicted octanol–water partition coefficient (Wildman–Crippen LogP) is 0.000000000000000666. The highest BCUT2D eigenvalue weighted by Crippen LogP contribution is 2.06. The maximum Gasteiger partial charge on any atom is 0.239 e. The highest BCUT2D eigenvalue weighted by Gasteiger charge is 2.20. The maximum atomic E-state index is 11.9. The van der Waals surface area contributed by atoms with Crippen molar-refractivity contribution in [1.29, 1.82) is 0 Å². The third kappa shape index (κ3) is 4.89. The summed E-state index contributed by atoms with van der Waals surface area (Å²) in [6.07, 6.45) is 2.77. The number of furan rings is 1. The molecule has 0 aliphatic carbocycles. The number of hydrogen-bond acceptors (Lipinski definition) is 5. The number of nitrogens with zero attached hydrogens (tertiary/aromatic N) is 1. The molecule has 0 spiro atoms. The van der Waals surface area contributed by atoms with Crippen LogP contribution in [0.15, 0.2) is 22.8 Å². The maximum absolute atomic E-state index is 11.9. The van der Waals surface area contributed by atoms with E-state index in [2.05, 4.69) is 0 Å². The summed E-state index contributed by atoms with van der Waals surface area (Å²) in [5.74, 6) is 0.269. The van der Waals surface area contributed by atoms with Crippen LogP contribution in [0.3, 0.4) is 0 Å². The van der Waals surface area contributed by atoms with E-state index in [1.165, 1.54) is 11.2 Å². The fourth-order valence-electron chi connectivity index (χ4n) is 1.46. The lowest BCUT2D eigenvalue weighted by atomic mass is 10.2. The average molecular weight is 274 g/mol. The number of rotatable bonds is 6. The van der Waals surface area contributed by atoms with Crippen LogP contribution in [0.25, 0.3) is 0 Å². The Balaban J connectivity index is 2.47. The van der Waals surface area contributed by atoms with Crippen molar-refractivity contribution >= 4 is 15.7 Å². The first kappa shape index (κ1) is 14.7. The van der Waals surface area contributed by atoms with Crippen molar-refractivity contribution in [2.45, 2.75) is 19.0 Å². The Hall–Kier alpha value is -1.34. The van der Waals surface area contributed by atoms with E-state index in [1.807, 2.05) is 0 Å². The van der Waals surface area contributed by atoms with Crippen molar-refractivity contribution in [1.82, 2.24) is 4.90 Å².